The molecule has 4 atom stereocenters. The SMILES string of the molecule is [B][C@@H]1O[C@](C=C)(CI)C(O)C1OC. The van der Waals surface area contributed by atoms with Crippen molar-refractivity contribution >= 4 is 30.4 Å². The van der Waals surface area contributed by atoms with Gasteiger partial charge in [0.25, 0.3) is 0 Å². The predicted molar refractivity (Wildman–Crippen MR) is 59.2 cm³/mol. The maximum atomic E-state index is 9.86. The van der Waals surface area contributed by atoms with Crippen molar-refractivity contribution in [2.45, 2.75) is 23.8 Å². The summed E-state index contributed by atoms with van der Waals surface area (Å²) in [6, 6.07) is -0.590. The van der Waals surface area contributed by atoms with Gasteiger partial charge >= 0.3 is 0 Å². The number of aliphatic hydroxyl groups excluding tert-OH is 1. The molecule has 0 amide bonds. The Morgan fingerprint density at radius 3 is 2.69 bits per heavy atom. The highest BCUT2D eigenvalue weighted by Gasteiger charge is 2.50. The number of hydrogen-bond donors (Lipinski definition) is 1. The maximum absolute atomic E-state index is 9.86. The number of ether oxygens (including phenoxy) is 2. The van der Waals surface area contributed by atoms with Gasteiger partial charge in [0.1, 0.15) is 25.7 Å². The molecule has 1 aliphatic heterocycles. The lowest BCUT2D eigenvalue weighted by Gasteiger charge is -2.26. The largest absolute Gasteiger partial charge is 0.387 e. The quantitative estimate of drug-likeness (QED) is 0.351. The number of alkyl halides is 1. The molecule has 1 N–H and O–H groups in total. The number of halogens is 1. The van der Waals surface area contributed by atoms with Crippen LogP contribution in [-0.4, -0.2) is 48.3 Å². The Balaban J connectivity index is 2.86. The summed E-state index contributed by atoms with van der Waals surface area (Å²) in [4.78, 5) is 0. The van der Waals surface area contributed by atoms with Gasteiger partial charge in [0.2, 0.25) is 0 Å². The van der Waals surface area contributed by atoms with Gasteiger partial charge in [-0.05, 0) is 0 Å². The average molecular weight is 294 g/mol. The molecule has 3 nitrogen and oxygen atoms in total. The Morgan fingerprint density at radius 2 is 2.46 bits per heavy atom. The van der Waals surface area contributed by atoms with Crippen LogP contribution in [0.4, 0.5) is 0 Å². The zero-order valence-electron chi connectivity index (χ0n) is 7.44. The molecule has 0 spiro atoms. The molecule has 1 rings (SSSR count). The summed E-state index contributed by atoms with van der Waals surface area (Å²) in [6.45, 7) is 3.64. The summed E-state index contributed by atoms with van der Waals surface area (Å²) in [5.41, 5.74) is -0.763. The molecule has 1 aliphatic rings. The minimum Gasteiger partial charge on any atom is -0.387 e. The highest BCUT2D eigenvalue weighted by molar-refractivity contribution is 14.1. The standard InChI is InChI=1S/C8H12BIO3/c1-3-8(4-10)6(11)5(12-2)7(9)13-8/h3,5-7,11H,1,4H2,2H3/t5?,6?,7-,8-/m1/s1. The van der Waals surface area contributed by atoms with Crippen molar-refractivity contribution in [1.82, 2.24) is 0 Å². The third kappa shape index (κ3) is 1.79. The Hall–Kier alpha value is 0.415. The molecule has 0 aromatic carbocycles. The Kier molecular flexibility index (Phi) is 3.79. The Labute approximate surface area is 93.0 Å². The van der Waals surface area contributed by atoms with Gasteiger partial charge in [-0.15, -0.1) is 6.58 Å². The van der Waals surface area contributed by atoms with Crippen LogP contribution >= 0.6 is 22.6 Å². The number of rotatable bonds is 3. The van der Waals surface area contributed by atoms with Gasteiger partial charge in [-0.1, -0.05) is 28.7 Å². The Bertz CT molecular complexity index is 202. The van der Waals surface area contributed by atoms with E-state index in [1.165, 1.54) is 7.11 Å². The molecule has 0 saturated carbocycles. The van der Waals surface area contributed by atoms with E-state index in [4.69, 9.17) is 17.3 Å². The summed E-state index contributed by atoms with van der Waals surface area (Å²) in [5, 5.41) is 9.86. The minimum atomic E-state index is -0.763. The van der Waals surface area contributed by atoms with Crippen molar-refractivity contribution < 1.29 is 14.6 Å². The van der Waals surface area contributed by atoms with Crippen molar-refractivity contribution in [3.8, 4) is 0 Å². The third-order valence-corrected chi connectivity index (χ3v) is 3.51. The normalized spacial score (nSPS) is 45.0. The molecular formula is C8H12BIO3. The summed E-state index contributed by atoms with van der Waals surface area (Å²) < 4.78 is 11.1. The highest BCUT2D eigenvalue weighted by atomic mass is 127. The second-order valence-electron chi connectivity index (χ2n) is 3.02. The zero-order valence-corrected chi connectivity index (χ0v) is 9.60. The van der Waals surface area contributed by atoms with Crippen LogP contribution in [0.2, 0.25) is 0 Å². The predicted octanol–water partition coefficient (Wildman–Crippen LogP) is 0.247. The van der Waals surface area contributed by atoms with Crippen molar-refractivity contribution in [3.63, 3.8) is 0 Å². The first-order chi connectivity index (χ1) is 6.11. The molecule has 0 bridgehead atoms. The number of methoxy groups -OCH3 is 1. The molecular weight excluding hydrogens is 282 g/mol. The molecule has 5 heteroatoms. The zero-order chi connectivity index (χ0) is 10.1. The lowest BCUT2D eigenvalue weighted by molar-refractivity contribution is -0.0197. The Morgan fingerprint density at radius 1 is 1.85 bits per heavy atom. The van der Waals surface area contributed by atoms with E-state index in [2.05, 4.69) is 29.2 Å². The molecule has 1 saturated heterocycles. The fourth-order valence-corrected chi connectivity index (χ4v) is 2.39. The number of aliphatic hydroxyl groups is 1. The van der Waals surface area contributed by atoms with Crippen LogP contribution < -0.4 is 0 Å². The van der Waals surface area contributed by atoms with Gasteiger partial charge in [-0.25, -0.2) is 0 Å². The van der Waals surface area contributed by atoms with Gasteiger partial charge in [0.05, 0.1) is 0 Å². The summed E-state index contributed by atoms with van der Waals surface area (Å²) in [5.74, 6) is 0. The molecule has 1 heterocycles. The van der Waals surface area contributed by atoms with E-state index in [0.717, 1.165) is 0 Å². The van der Waals surface area contributed by atoms with Crippen LogP contribution in [0.5, 0.6) is 0 Å². The number of hydrogen-bond acceptors (Lipinski definition) is 3. The van der Waals surface area contributed by atoms with Crippen molar-refractivity contribution in [2.75, 3.05) is 11.5 Å². The average Bonchev–Trinajstić information content (AvgIpc) is 2.38. The van der Waals surface area contributed by atoms with Gasteiger partial charge in [0, 0.05) is 17.5 Å². The molecule has 0 aliphatic carbocycles. The minimum absolute atomic E-state index is 0.479. The summed E-state index contributed by atoms with van der Waals surface area (Å²) in [7, 11) is 7.15. The van der Waals surface area contributed by atoms with Gasteiger partial charge < -0.3 is 14.6 Å². The summed E-state index contributed by atoms with van der Waals surface area (Å²) >= 11 is 2.13. The topological polar surface area (TPSA) is 38.7 Å². The van der Waals surface area contributed by atoms with Crippen LogP contribution in [0.3, 0.4) is 0 Å². The first-order valence-electron chi connectivity index (χ1n) is 3.95. The second kappa shape index (κ2) is 4.29. The molecule has 2 unspecified atom stereocenters. The highest BCUT2D eigenvalue weighted by Crippen LogP contribution is 2.34. The molecule has 0 aromatic heterocycles. The third-order valence-electron chi connectivity index (χ3n) is 2.32. The van der Waals surface area contributed by atoms with Gasteiger partial charge in [-0.2, -0.15) is 0 Å². The molecule has 72 valence electrons. The molecule has 0 aromatic rings. The van der Waals surface area contributed by atoms with E-state index in [0.29, 0.717) is 4.43 Å². The van der Waals surface area contributed by atoms with Gasteiger partial charge in [-0.3, -0.25) is 0 Å². The molecule has 2 radical (unpaired) electrons. The van der Waals surface area contributed by atoms with Crippen LogP contribution in [0.15, 0.2) is 12.7 Å². The van der Waals surface area contributed by atoms with Crippen molar-refractivity contribution in [1.29, 1.82) is 0 Å². The fraction of sp³-hybridized carbons (Fsp3) is 0.750. The maximum Gasteiger partial charge on any atom is 0.123 e. The first-order valence-corrected chi connectivity index (χ1v) is 5.47. The van der Waals surface area contributed by atoms with Crippen molar-refractivity contribution in [3.05, 3.63) is 12.7 Å². The second-order valence-corrected chi connectivity index (χ2v) is 3.78. The van der Waals surface area contributed by atoms with Crippen LogP contribution in [0, 0.1) is 0 Å². The van der Waals surface area contributed by atoms with E-state index in [1.54, 1.807) is 6.08 Å². The van der Waals surface area contributed by atoms with Crippen LogP contribution in [0.1, 0.15) is 0 Å². The molecule has 13 heavy (non-hydrogen) atoms. The smallest absolute Gasteiger partial charge is 0.123 e. The van der Waals surface area contributed by atoms with Crippen LogP contribution in [0.25, 0.3) is 0 Å². The fourth-order valence-electron chi connectivity index (χ4n) is 1.44. The van der Waals surface area contributed by atoms with Crippen molar-refractivity contribution in [2.24, 2.45) is 0 Å². The first kappa shape index (κ1) is 11.5. The van der Waals surface area contributed by atoms with E-state index in [9.17, 15) is 5.11 Å². The van der Waals surface area contributed by atoms with Crippen LogP contribution in [-0.2, 0) is 9.47 Å². The lowest BCUT2D eigenvalue weighted by atomic mass is 9.90. The van der Waals surface area contributed by atoms with E-state index in [1.807, 2.05) is 0 Å². The van der Waals surface area contributed by atoms with E-state index < -0.39 is 23.8 Å². The monoisotopic (exact) mass is 294 g/mol. The van der Waals surface area contributed by atoms with Gasteiger partial charge in [0.15, 0.2) is 0 Å². The molecule has 1 fully saturated rings. The van der Waals surface area contributed by atoms with E-state index >= 15 is 0 Å². The summed E-state index contributed by atoms with van der Waals surface area (Å²) in [6.07, 6.45) is 0.359. The van der Waals surface area contributed by atoms with E-state index in [-0.39, 0.29) is 0 Å². The lowest BCUT2D eigenvalue weighted by Crippen LogP contribution is -2.43.